The van der Waals surface area contributed by atoms with E-state index in [0.717, 1.165) is 5.56 Å². The molecule has 2 amide bonds. The molecule has 1 atom stereocenters. The highest BCUT2D eigenvalue weighted by atomic mass is 32.1. The number of carbonyl (C=O) groups is 3. The molecule has 1 aliphatic rings. The minimum atomic E-state index is -0.821. The molecule has 4 rings (SSSR count). The van der Waals surface area contributed by atoms with E-state index in [1.807, 2.05) is 25.1 Å². The molecule has 0 spiro atoms. The van der Waals surface area contributed by atoms with Gasteiger partial charge in [0, 0.05) is 12.2 Å². The van der Waals surface area contributed by atoms with Gasteiger partial charge in [0.2, 0.25) is 5.91 Å². The first-order valence-electron chi connectivity index (χ1n) is 13.9. The van der Waals surface area contributed by atoms with E-state index in [0.29, 0.717) is 58.9 Å². The van der Waals surface area contributed by atoms with Gasteiger partial charge >= 0.3 is 5.97 Å². The van der Waals surface area contributed by atoms with Crippen LogP contribution in [-0.2, 0) is 20.7 Å². The highest BCUT2D eigenvalue weighted by Gasteiger charge is 2.44. The van der Waals surface area contributed by atoms with Crippen LogP contribution in [0.25, 0.3) is 0 Å². The van der Waals surface area contributed by atoms with Gasteiger partial charge in [-0.15, -0.1) is 0 Å². The summed E-state index contributed by atoms with van der Waals surface area (Å²) in [6, 6.07) is 18.3. The van der Waals surface area contributed by atoms with E-state index in [9.17, 15) is 14.4 Å². The number of nitrogens with one attached hydrogen (secondary N) is 1. The zero-order valence-corrected chi connectivity index (χ0v) is 25.4. The number of rotatable bonds is 13. The minimum absolute atomic E-state index is 0.127. The van der Waals surface area contributed by atoms with E-state index in [-0.39, 0.29) is 24.8 Å². The number of methoxy groups -OCH3 is 2. The Balaban J connectivity index is 1.54. The summed E-state index contributed by atoms with van der Waals surface area (Å²) in [5.74, 6) is 0.790. The summed E-state index contributed by atoms with van der Waals surface area (Å²) in [7, 11) is 3.15. The molecular weight excluding hydrogens is 570 g/mol. The van der Waals surface area contributed by atoms with Gasteiger partial charge < -0.3 is 29.2 Å². The summed E-state index contributed by atoms with van der Waals surface area (Å²) in [6.07, 6.45) is 0.413. The lowest BCUT2D eigenvalue weighted by Gasteiger charge is -2.24. The molecule has 1 heterocycles. The number of esters is 1. The normalized spacial score (nSPS) is 14.5. The third-order valence-corrected chi connectivity index (χ3v) is 7.29. The average molecular weight is 606 g/mol. The van der Waals surface area contributed by atoms with Crippen molar-refractivity contribution < 1.29 is 33.3 Å². The van der Waals surface area contributed by atoms with Crippen molar-refractivity contribution in [2.24, 2.45) is 0 Å². The maximum absolute atomic E-state index is 13.8. The molecule has 11 heteroatoms. The molecule has 0 radical (unpaired) electrons. The summed E-state index contributed by atoms with van der Waals surface area (Å²) in [6.45, 7) is 4.81. The van der Waals surface area contributed by atoms with Crippen molar-refractivity contribution in [2.75, 3.05) is 44.2 Å². The first-order chi connectivity index (χ1) is 20.8. The van der Waals surface area contributed by atoms with Crippen molar-refractivity contribution in [3.63, 3.8) is 0 Å². The quantitative estimate of drug-likeness (QED) is 0.216. The molecule has 0 unspecified atom stereocenters. The third kappa shape index (κ3) is 7.42. The fourth-order valence-corrected chi connectivity index (χ4v) is 5.17. The molecule has 3 aromatic rings. The molecule has 1 N–H and O–H groups in total. The second-order valence-electron chi connectivity index (χ2n) is 9.58. The first kappa shape index (κ1) is 31.3. The fraction of sp³-hybridized carbons (Fsp3) is 0.312. The number of nitrogens with zero attached hydrogens (tertiary/aromatic N) is 2. The van der Waals surface area contributed by atoms with E-state index in [1.165, 1.54) is 4.90 Å². The molecule has 10 nitrogen and oxygen atoms in total. The summed E-state index contributed by atoms with van der Waals surface area (Å²) in [5, 5.41) is 3.13. The van der Waals surface area contributed by atoms with Gasteiger partial charge in [0.05, 0.1) is 45.1 Å². The van der Waals surface area contributed by atoms with Gasteiger partial charge in [-0.1, -0.05) is 6.07 Å². The van der Waals surface area contributed by atoms with Crippen LogP contribution in [0.1, 0.15) is 36.2 Å². The lowest BCUT2D eigenvalue weighted by Crippen LogP contribution is -2.39. The molecule has 1 aliphatic heterocycles. The van der Waals surface area contributed by atoms with Gasteiger partial charge in [-0.25, -0.2) is 4.79 Å². The number of hydrogen-bond donors (Lipinski definition) is 1. The monoisotopic (exact) mass is 605 g/mol. The minimum Gasteiger partial charge on any atom is -0.494 e. The van der Waals surface area contributed by atoms with Gasteiger partial charge in [0.1, 0.15) is 11.8 Å². The Labute approximate surface area is 256 Å². The smallest absolute Gasteiger partial charge is 0.338 e. The average Bonchev–Trinajstić information content (AvgIpc) is 3.24. The van der Waals surface area contributed by atoms with Crippen molar-refractivity contribution in [2.45, 2.75) is 32.7 Å². The Morgan fingerprint density at radius 2 is 1.60 bits per heavy atom. The molecule has 0 bridgehead atoms. The molecule has 1 saturated heterocycles. The number of anilines is 2. The van der Waals surface area contributed by atoms with Crippen LogP contribution in [0, 0.1) is 0 Å². The number of amides is 2. The second-order valence-corrected chi connectivity index (χ2v) is 9.95. The van der Waals surface area contributed by atoms with Crippen LogP contribution in [0.4, 0.5) is 11.4 Å². The summed E-state index contributed by atoms with van der Waals surface area (Å²) < 4.78 is 21.3. The Morgan fingerprint density at radius 3 is 2.23 bits per heavy atom. The van der Waals surface area contributed by atoms with Gasteiger partial charge in [-0.05, 0) is 98.7 Å². The Morgan fingerprint density at radius 1 is 0.907 bits per heavy atom. The molecule has 3 aromatic carbocycles. The van der Waals surface area contributed by atoms with Crippen molar-refractivity contribution in [3.8, 4) is 17.2 Å². The lowest BCUT2D eigenvalue weighted by atomic mass is 10.1. The predicted molar refractivity (Wildman–Crippen MR) is 167 cm³/mol. The van der Waals surface area contributed by atoms with Crippen LogP contribution < -0.4 is 24.4 Å². The lowest BCUT2D eigenvalue weighted by molar-refractivity contribution is -0.124. The van der Waals surface area contributed by atoms with Crippen LogP contribution in [0.2, 0.25) is 0 Å². The van der Waals surface area contributed by atoms with E-state index >= 15 is 0 Å². The zero-order valence-electron chi connectivity index (χ0n) is 24.6. The van der Waals surface area contributed by atoms with Crippen molar-refractivity contribution in [1.82, 2.24) is 4.90 Å². The van der Waals surface area contributed by atoms with E-state index in [2.05, 4.69) is 5.32 Å². The molecule has 0 saturated carbocycles. The highest BCUT2D eigenvalue weighted by Crippen LogP contribution is 2.31. The second kappa shape index (κ2) is 14.5. The summed E-state index contributed by atoms with van der Waals surface area (Å²) >= 11 is 5.81. The summed E-state index contributed by atoms with van der Waals surface area (Å²) in [4.78, 5) is 42.2. The zero-order chi connectivity index (χ0) is 30.9. The number of thiocarbonyl (C=S) groups is 1. The summed E-state index contributed by atoms with van der Waals surface area (Å²) in [5.41, 5.74) is 2.42. The van der Waals surface area contributed by atoms with E-state index in [1.54, 1.807) is 74.6 Å². The van der Waals surface area contributed by atoms with Crippen LogP contribution in [-0.4, -0.2) is 67.8 Å². The fourth-order valence-electron chi connectivity index (χ4n) is 4.76. The number of benzene rings is 3. The van der Waals surface area contributed by atoms with Gasteiger partial charge in [-0.3, -0.25) is 14.5 Å². The molecule has 0 aromatic heterocycles. The Kier molecular flexibility index (Phi) is 10.6. The molecule has 1 fully saturated rings. The molecule has 226 valence electrons. The first-order valence-corrected chi connectivity index (χ1v) is 14.4. The van der Waals surface area contributed by atoms with E-state index < -0.39 is 12.0 Å². The number of ether oxygens (including phenoxy) is 4. The molecular formula is C32H35N3O7S. The van der Waals surface area contributed by atoms with Crippen molar-refractivity contribution in [3.05, 3.63) is 77.9 Å². The Bertz CT molecular complexity index is 1460. The van der Waals surface area contributed by atoms with Crippen LogP contribution in [0.5, 0.6) is 17.2 Å². The third-order valence-electron chi connectivity index (χ3n) is 6.87. The predicted octanol–water partition coefficient (Wildman–Crippen LogP) is 4.85. The SMILES string of the molecule is CCOC(=O)c1ccc(NC(=O)C[C@@H]2C(=O)N(c3ccc(OCC)cc3)C(=S)N2CCc2ccc(OC)c(OC)c2)cc1. The number of carbonyl (C=O) groups excluding carboxylic acids is 3. The van der Waals surface area contributed by atoms with Crippen molar-refractivity contribution >= 4 is 46.5 Å². The topological polar surface area (TPSA) is 107 Å². The maximum Gasteiger partial charge on any atom is 0.338 e. The standard InChI is InChI=1S/C32H35N3O7S/c1-5-41-25-14-12-24(13-15-25)35-30(37)26(20-29(36)33-23-10-8-22(9-11-23)31(38)42-6-2)34(32(35)43)18-17-21-7-16-27(39-3)28(19-21)40-4/h7-16,19,26H,5-6,17-18,20H2,1-4H3,(H,33,36)/t26-/m1/s1. The van der Waals surface area contributed by atoms with Gasteiger partial charge in [0.25, 0.3) is 5.91 Å². The maximum atomic E-state index is 13.8. The number of hydrogen-bond acceptors (Lipinski definition) is 8. The van der Waals surface area contributed by atoms with Crippen LogP contribution in [0.3, 0.4) is 0 Å². The van der Waals surface area contributed by atoms with Crippen molar-refractivity contribution in [1.29, 1.82) is 0 Å². The Hall–Kier alpha value is -4.64. The van der Waals surface area contributed by atoms with Crippen LogP contribution >= 0.6 is 12.2 Å². The molecule has 0 aliphatic carbocycles. The van der Waals surface area contributed by atoms with E-state index in [4.69, 9.17) is 31.2 Å². The molecule has 43 heavy (non-hydrogen) atoms. The van der Waals surface area contributed by atoms with Gasteiger partial charge in [0.15, 0.2) is 16.6 Å². The largest absolute Gasteiger partial charge is 0.494 e. The van der Waals surface area contributed by atoms with Crippen LogP contribution in [0.15, 0.2) is 66.7 Å². The highest BCUT2D eigenvalue weighted by molar-refractivity contribution is 7.80. The van der Waals surface area contributed by atoms with Gasteiger partial charge in [-0.2, -0.15) is 0 Å².